The molecule has 0 atom stereocenters. The van der Waals surface area contributed by atoms with Crippen LogP contribution < -0.4 is 10.5 Å². The smallest absolute Gasteiger partial charge is 0.244 e. The number of nitrogens with zero attached hydrogens (tertiary/aromatic N) is 1. The molecule has 0 saturated heterocycles. The van der Waals surface area contributed by atoms with E-state index in [2.05, 4.69) is 14.9 Å². The predicted octanol–water partition coefficient (Wildman–Crippen LogP) is 0.680. The second-order valence-corrected chi connectivity index (χ2v) is 6.99. The molecule has 1 aromatic heterocycles. The van der Waals surface area contributed by atoms with Gasteiger partial charge in [0, 0.05) is 6.54 Å². The summed E-state index contributed by atoms with van der Waals surface area (Å²) in [5.41, 5.74) is 6.38. The first-order chi connectivity index (χ1) is 8.19. The van der Waals surface area contributed by atoms with Crippen molar-refractivity contribution in [3.63, 3.8) is 0 Å². The molecule has 0 unspecified atom stereocenters. The van der Waals surface area contributed by atoms with Gasteiger partial charge in [0.05, 0.1) is 11.4 Å². The number of sulfonamides is 1. The Hall–Kier alpha value is -0.920. The summed E-state index contributed by atoms with van der Waals surface area (Å²) < 4.78 is 27.0. The fraction of sp³-hybridized carbons (Fsp3) is 0.727. The molecule has 0 aliphatic rings. The highest BCUT2D eigenvalue weighted by Crippen LogP contribution is 2.21. The first kappa shape index (κ1) is 15.1. The summed E-state index contributed by atoms with van der Waals surface area (Å²) in [4.78, 5) is 0.242. The summed E-state index contributed by atoms with van der Waals surface area (Å²) in [6.07, 6.45) is 0.763. The van der Waals surface area contributed by atoms with E-state index in [9.17, 15) is 8.42 Å². The zero-order chi connectivity index (χ0) is 14.0. The fourth-order valence-corrected chi connectivity index (χ4v) is 3.39. The van der Waals surface area contributed by atoms with Gasteiger partial charge in [0.2, 0.25) is 10.0 Å². The number of nitrogens with one attached hydrogen (secondary N) is 2. The molecule has 0 spiro atoms. The van der Waals surface area contributed by atoms with Crippen LogP contribution in [0.5, 0.6) is 0 Å². The molecule has 7 heteroatoms. The third-order valence-electron chi connectivity index (χ3n) is 2.89. The van der Waals surface area contributed by atoms with Gasteiger partial charge in [-0.3, -0.25) is 5.10 Å². The maximum Gasteiger partial charge on any atom is 0.244 e. The second-order valence-electron chi connectivity index (χ2n) is 5.29. The maximum atomic E-state index is 12.2. The maximum absolute atomic E-state index is 12.2. The van der Waals surface area contributed by atoms with Crippen LogP contribution >= 0.6 is 0 Å². The van der Waals surface area contributed by atoms with Gasteiger partial charge in [0.1, 0.15) is 4.90 Å². The average molecular weight is 274 g/mol. The van der Waals surface area contributed by atoms with Crippen LogP contribution in [0.4, 0.5) is 0 Å². The van der Waals surface area contributed by atoms with Crippen LogP contribution in [0.1, 0.15) is 31.7 Å². The van der Waals surface area contributed by atoms with Crippen molar-refractivity contribution in [2.45, 2.75) is 39.0 Å². The van der Waals surface area contributed by atoms with Crippen LogP contribution in [0.3, 0.4) is 0 Å². The van der Waals surface area contributed by atoms with Crippen LogP contribution in [0.25, 0.3) is 0 Å². The second kappa shape index (κ2) is 5.38. The van der Waals surface area contributed by atoms with Gasteiger partial charge in [-0.25, -0.2) is 13.1 Å². The number of aryl methyl sites for hydroxylation is 2. The summed E-state index contributed by atoms with van der Waals surface area (Å²) in [5.74, 6) is 0. The van der Waals surface area contributed by atoms with E-state index in [0.717, 1.165) is 6.42 Å². The fourth-order valence-electron chi connectivity index (χ4n) is 1.78. The Kier molecular flexibility index (Phi) is 4.52. The van der Waals surface area contributed by atoms with Crippen LogP contribution in [0.15, 0.2) is 4.90 Å². The van der Waals surface area contributed by atoms with Gasteiger partial charge in [-0.2, -0.15) is 5.10 Å². The van der Waals surface area contributed by atoms with Gasteiger partial charge in [-0.05, 0) is 32.2 Å². The predicted molar refractivity (Wildman–Crippen MR) is 70.7 cm³/mol. The van der Waals surface area contributed by atoms with E-state index in [1.54, 1.807) is 13.8 Å². The number of aromatic amines is 1. The Labute approximate surface area is 108 Å². The Morgan fingerprint density at radius 2 is 2.00 bits per heavy atom. The largest absolute Gasteiger partial charge is 0.330 e. The third-order valence-corrected chi connectivity index (χ3v) is 4.55. The summed E-state index contributed by atoms with van der Waals surface area (Å²) in [5, 5.41) is 6.58. The number of hydrogen-bond acceptors (Lipinski definition) is 4. The van der Waals surface area contributed by atoms with Crippen molar-refractivity contribution in [3.8, 4) is 0 Å². The molecule has 18 heavy (non-hydrogen) atoms. The average Bonchev–Trinajstić information content (AvgIpc) is 2.56. The number of nitrogens with two attached hydrogens (primary N) is 1. The Morgan fingerprint density at radius 3 is 2.44 bits per heavy atom. The molecule has 1 heterocycles. The molecule has 6 nitrogen and oxygen atoms in total. The van der Waals surface area contributed by atoms with E-state index < -0.39 is 10.0 Å². The van der Waals surface area contributed by atoms with Crippen molar-refractivity contribution in [1.82, 2.24) is 14.9 Å². The molecule has 0 aromatic carbocycles. The normalized spacial score (nSPS) is 12.9. The quantitative estimate of drug-likeness (QED) is 0.710. The molecule has 0 bridgehead atoms. The molecule has 0 fully saturated rings. The van der Waals surface area contributed by atoms with E-state index >= 15 is 0 Å². The SMILES string of the molecule is Cc1n[nH]c(C)c1S(=O)(=O)NCC(C)(C)CCN. The lowest BCUT2D eigenvalue weighted by molar-refractivity contribution is 0.340. The third kappa shape index (κ3) is 3.54. The minimum atomic E-state index is -3.51. The first-order valence-corrected chi connectivity index (χ1v) is 7.39. The van der Waals surface area contributed by atoms with Gasteiger partial charge in [0.15, 0.2) is 0 Å². The standard InChI is InChI=1S/C11H22N4O2S/c1-8-10(9(2)15-14-8)18(16,17)13-7-11(3,4)5-6-12/h13H,5-7,12H2,1-4H3,(H,14,15). The van der Waals surface area contributed by atoms with Crippen LogP contribution in [0, 0.1) is 19.3 Å². The molecule has 1 aromatic rings. The zero-order valence-electron chi connectivity index (χ0n) is 11.4. The van der Waals surface area contributed by atoms with E-state index in [-0.39, 0.29) is 10.3 Å². The van der Waals surface area contributed by atoms with Crippen molar-refractivity contribution in [1.29, 1.82) is 0 Å². The highest BCUT2D eigenvalue weighted by Gasteiger charge is 2.25. The molecule has 0 saturated carbocycles. The number of H-pyrrole nitrogens is 1. The lowest BCUT2D eigenvalue weighted by atomic mass is 9.90. The van der Waals surface area contributed by atoms with Crippen molar-refractivity contribution in [2.24, 2.45) is 11.1 Å². The zero-order valence-corrected chi connectivity index (χ0v) is 12.2. The summed E-state index contributed by atoms with van der Waals surface area (Å²) in [6.45, 7) is 8.23. The van der Waals surface area contributed by atoms with Crippen LogP contribution in [-0.2, 0) is 10.0 Å². The lowest BCUT2D eigenvalue weighted by Crippen LogP contribution is -2.35. The molecule has 1 rings (SSSR count). The molecule has 0 amide bonds. The Bertz CT molecular complexity index is 486. The van der Waals surface area contributed by atoms with E-state index in [0.29, 0.717) is 24.5 Å². The van der Waals surface area contributed by atoms with Crippen molar-refractivity contribution < 1.29 is 8.42 Å². The van der Waals surface area contributed by atoms with Gasteiger partial charge in [-0.1, -0.05) is 13.8 Å². The number of aromatic nitrogens is 2. The topological polar surface area (TPSA) is 101 Å². The molecule has 0 aliphatic carbocycles. The molecule has 0 radical (unpaired) electrons. The lowest BCUT2D eigenvalue weighted by Gasteiger charge is -2.24. The van der Waals surface area contributed by atoms with E-state index in [1.807, 2.05) is 13.8 Å². The monoisotopic (exact) mass is 274 g/mol. The summed E-state index contributed by atoms with van der Waals surface area (Å²) in [6, 6.07) is 0. The van der Waals surface area contributed by atoms with Gasteiger partial charge in [-0.15, -0.1) is 0 Å². The van der Waals surface area contributed by atoms with Crippen molar-refractivity contribution >= 4 is 10.0 Å². The number of hydrogen-bond donors (Lipinski definition) is 3. The highest BCUT2D eigenvalue weighted by atomic mass is 32.2. The highest BCUT2D eigenvalue weighted by molar-refractivity contribution is 7.89. The van der Waals surface area contributed by atoms with Gasteiger partial charge >= 0.3 is 0 Å². The minimum Gasteiger partial charge on any atom is -0.330 e. The first-order valence-electron chi connectivity index (χ1n) is 5.91. The molecular weight excluding hydrogens is 252 g/mol. The van der Waals surface area contributed by atoms with E-state index in [1.165, 1.54) is 0 Å². The van der Waals surface area contributed by atoms with Crippen molar-refractivity contribution in [2.75, 3.05) is 13.1 Å². The molecular formula is C11H22N4O2S. The summed E-state index contributed by atoms with van der Waals surface area (Å²) in [7, 11) is -3.51. The van der Waals surface area contributed by atoms with E-state index in [4.69, 9.17) is 5.73 Å². The van der Waals surface area contributed by atoms with Crippen molar-refractivity contribution in [3.05, 3.63) is 11.4 Å². The van der Waals surface area contributed by atoms with Crippen LogP contribution in [-0.4, -0.2) is 31.7 Å². The number of rotatable bonds is 6. The van der Waals surface area contributed by atoms with Gasteiger partial charge < -0.3 is 5.73 Å². The van der Waals surface area contributed by atoms with Gasteiger partial charge in [0.25, 0.3) is 0 Å². The molecule has 4 N–H and O–H groups in total. The van der Waals surface area contributed by atoms with Crippen LogP contribution in [0.2, 0.25) is 0 Å². The Morgan fingerprint density at radius 1 is 1.39 bits per heavy atom. The summed E-state index contributed by atoms with van der Waals surface area (Å²) >= 11 is 0. The molecule has 0 aliphatic heterocycles. The minimum absolute atomic E-state index is 0.159. The Balaban J connectivity index is 2.84. The molecule has 104 valence electrons.